The number of hydrogen-bond donors (Lipinski definition) is 1. The summed E-state index contributed by atoms with van der Waals surface area (Å²) in [5.41, 5.74) is -0.176. The maximum atomic E-state index is 13.5. The number of urea groups is 1. The topological polar surface area (TPSA) is 61.9 Å². The molecule has 0 bridgehead atoms. The molecule has 2 rings (SSSR count). The number of benzene rings is 1. The standard InChI is InChI=1S/C17H23BrFN3O3/c1-11-10-21(7-8-22(11)16(24)25-17(2,3)4)15(23)20-12-5-6-13(18)14(19)9-12/h5-6,9,11H,7-8,10H2,1-4H3,(H,20,23)/t11-/m1/s1. The monoisotopic (exact) mass is 415 g/mol. The van der Waals surface area contributed by atoms with E-state index in [0.717, 1.165) is 0 Å². The third-order valence-electron chi connectivity index (χ3n) is 3.71. The Morgan fingerprint density at radius 3 is 2.56 bits per heavy atom. The van der Waals surface area contributed by atoms with E-state index in [9.17, 15) is 14.0 Å². The molecule has 0 aliphatic carbocycles. The van der Waals surface area contributed by atoms with E-state index in [1.165, 1.54) is 12.1 Å². The quantitative estimate of drug-likeness (QED) is 0.751. The van der Waals surface area contributed by atoms with Gasteiger partial charge in [0.1, 0.15) is 11.4 Å². The molecule has 0 unspecified atom stereocenters. The van der Waals surface area contributed by atoms with Crippen molar-refractivity contribution < 1.29 is 18.7 Å². The number of carbonyl (C=O) groups excluding carboxylic acids is 2. The van der Waals surface area contributed by atoms with Gasteiger partial charge in [-0.05, 0) is 61.8 Å². The lowest BCUT2D eigenvalue weighted by molar-refractivity contribution is 0.00589. The Labute approximate surface area is 155 Å². The summed E-state index contributed by atoms with van der Waals surface area (Å²) >= 11 is 3.07. The van der Waals surface area contributed by atoms with Crippen LogP contribution in [0, 0.1) is 5.82 Å². The van der Waals surface area contributed by atoms with Gasteiger partial charge in [-0.3, -0.25) is 0 Å². The molecule has 6 nitrogen and oxygen atoms in total. The number of nitrogens with zero attached hydrogens (tertiary/aromatic N) is 2. The predicted octanol–water partition coefficient (Wildman–Crippen LogP) is 4.06. The van der Waals surface area contributed by atoms with E-state index >= 15 is 0 Å². The molecule has 25 heavy (non-hydrogen) atoms. The van der Waals surface area contributed by atoms with Crippen LogP contribution >= 0.6 is 15.9 Å². The molecule has 1 aliphatic rings. The fourth-order valence-electron chi connectivity index (χ4n) is 2.51. The number of nitrogens with one attached hydrogen (secondary N) is 1. The van der Waals surface area contributed by atoms with Gasteiger partial charge in [0, 0.05) is 31.4 Å². The Hall–Kier alpha value is -1.83. The molecule has 0 spiro atoms. The highest BCUT2D eigenvalue weighted by Gasteiger charge is 2.32. The van der Waals surface area contributed by atoms with Crippen LogP contribution < -0.4 is 5.32 Å². The van der Waals surface area contributed by atoms with Gasteiger partial charge in [-0.1, -0.05) is 0 Å². The van der Waals surface area contributed by atoms with Crippen molar-refractivity contribution >= 4 is 33.7 Å². The molecule has 138 valence electrons. The van der Waals surface area contributed by atoms with Crippen molar-refractivity contribution in [2.45, 2.75) is 39.3 Å². The second-order valence-corrected chi connectivity index (χ2v) is 7.88. The Morgan fingerprint density at radius 2 is 2.00 bits per heavy atom. The maximum absolute atomic E-state index is 13.5. The van der Waals surface area contributed by atoms with E-state index in [-0.39, 0.29) is 18.2 Å². The molecule has 1 N–H and O–H groups in total. The van der Waals surface area contributed by atoms with Crippen LogP contribution in [0.15, 0.2) is 22.7 Å². The average molecular weight is 416 g/mol. The average Bonchev–Trinajstić information content (AvgIpc) is 2.49. The molecule has 3 amide bonds. The zero-order chi connectivity index (χ0) is 18.8. The summed E-state index contributed by atoms with van der Waals surface area (Å²) in [6.07, 6.45) is -0.380. The van der Waals surface area contributed by atoms with E-state index in [0.29, 0.717) is 29.8 Å². The van der Waals surface area contributed by atoms with Gasteiger partial charge in [-0.2, -0.15) is 0 Å². The molecule has 0 radical (unpaired) electrons. The first-order valence-electron chi connectivity index (χ1n) is 8.07. The largest absolute Gasteiger partial charge is 0.444 e. The van der Waals surface area contributed by atoms with E-state index in [2.05, 4.69) is 21.2 Å². The molecule has 1 aromatic carbocycles. The highest BCUT2D eigenvalue weighted by molar-refractivity contribution is 9.10. The van der Waals surface area contributed by atoms with Crippen molar-refractivity contribution in [2.75, 3.05) is 25.0 Å². The SMILES string of the molecule is C[C@@H]1CN(C(=O)Nc2ccc(Br)c(F)c2)CCN1C(=O)OC(C)(C)C. The summed E-state index contributed by atoms with van der Waals surface area (Å²) in [5.74, 6) is -0.444. The first kappa shape index (κ1) is 19.5. The molecular weight excluding hydrogens is 393 g/mol. The number of hydrogen-bond acceptors (Lipinski definition) is 3. The number of rotatable bonds is 1. The highest BCUT2D eigenvalue weighted by atomic mass is 79.9. The zero-order valence-corrected chi connectivity index (χ0v) is 16.4. The number of carbonyl (C=O) groups is 2. The molecule has 8 heteroatoms. The molecule has 0 saturated carbocycles. The normalized spacial score (nSPS) is 18.1. The van der Waals surface area contributed by atoms with Crippen molar-refractivity contribution in [3.63, 3.8) is 0 Å². The lowest BCUT2D eigenvalue weighted by Crippen LogP contribution is -2.57. The van der Waals surface area contributed by atoms with Gasteiger partial charge >= 0.3 is 12.1 Å². The van der Waals surface area contributed by atoms with Gasteiger partial charge in [-0.25, -0.2) is 14.0 Å². The highest BCUT2D eigenvalue weighted by Crippen LogP contribution is 2.20. The van der Waals surface area contributed by atoms with Crippen molar-refractivity contribution in [3.8, 4) is 0 Å². The first-order valence-corrected chi connectivity index (χ1v) is 8.87. The van der Waals surface area contributed by atoms with Crippen molar-refractivity contribution in [3.05, 3.63) is 28.5 Å². The smallest absolute Gasteiger partial charge is 0.410 e. The lowest BCUT2D eigenvalue weighted by Gasteiger charge is -2.40. The minimum absolute atomic E-state index is 0.170. The number of anilines is 1. The molecule has 1 fully saturated rings. The third-order valence-corrected chi connectivity index (χ3v) is 4.36. The van der Waals surface area contributed by atoms with Gasteiger partial charge in [0.05, 0.1) is 4.47 Å². The Bertz CT molecular complexity index is 663. The number of ether oxygens (including phenoxy) is 1. The molecule has 1 heterocycles. The second kappa shape index (κ2) is 7.59. The molecular formula is C17H23BrFN3O3. The van der Waals surface area contributed by atoms with Crippen LogP contribution in [0.5, 0.6) is 0 Å². The van der Waals surface area contributed by atoms with Crippen LogP contribution in [0.3, 0.4) is 0 Å². The Morgan fingerprint density at radius 1 is 1.32 bits per heavy atom. The summed E-state index contributed by atoms with van der Waals surface area (Å²) in [7, 11) is 0. The minimum Gasteiger partial charge on any atom is -0.444 e. The molecule has 1 aliphatic heterocycles. The van der Waals surface area contributed by atoms with Crippen LogP contribution in [0.4, 0.5) is 19.7 Å². The third kappa shape index (κ3) is 5.32. The summed E-state index contributed by atoms with van der Waals surface area (Å²) in [5, 5.41) is 2.67. The lowest BCUT2D eigenvalue weighted by atomic mass is 10.2. The van der Waals surface area contributed by atoms with Gasteiger partial charge in [0.15, 0.2) is 0 Å². The Balaban J connectivity index is 1.94. The van der Waals surface area contributed by atoms with Crippen molar-refractivity contribution in [2.24, 2.45) is 0 Å². The molecule has 1 aromatic rings. The van der Waals surface area contributed by atoms with Gasteiger partial charge in [0.2, 0.25) is 0 Å². The van der Waals surface area contributed by atoms with Gasteiger partial charge < -0.3 is 19.9 Å². The van der Waals surface area contributed by atoms with E-state index in [1.807, 2.05) is 27.7 Å². The van der Waals surface area contributed by atoms with Gasteiger partial charge in [-0.15, -0.1) is 0 Å². The van der Waals surface area contributed by atoms with Crippen LogP contribution in [-0.2, 0) is 4.74 Å². The predicted molar refractivity (Wildman–Crippen MR) is 97.1 cm³/mol. The zero-order valence-electron chi connectivity index (χ0n) is 14.8. The van der Waals surface area contributed by atoms with Crippen molar-refractivity contribution in [1.29, 1.82) is 0 Å². The Kier molecular flexibility index (Phi) is 5.92. The summed E-state index contributed by atoms with van der Waals surface area (Å²) in [6, 6.07) is 3.91. The molecule has 0 aromatic heterocycles. The van der Waals surface area contributed by atoms with E-state index in [1.54, 1.807) is 15.9 Å². The van der Waals surface area contributed by atoms with E-state index < -0.39 is 11.4 Å². The second-order valence-electron chi connectivity index (χ2n) is 7.03. The molecule has 1 saturated heterocycles. The maximum Gasteiger partial charge on any atom is 0.410 e. The van der Waals surface area contributed by atoms with Crippen LogP contribution in [0.25, 0.3) is 0 Å². The summed E-state index contributed by atoms with van der Waals surface area (Å²) < 4.78 is 19.3. The fraction of sp³-hybridized carbons (Fsp3) is 0.529. The fourth-order valence-corrected chi connectivity index (χ4v) is 2.76. The van der Waals surface area contributed by atoms with Crippen LogP contribution in [0.1, 0.15) is 27.7 Å². The van der Waals surface area contributed by atoms with Gasteiger partial charge in [0.25, 0.3) is 0 Å². The summed E-state index contributed by atoms with van der Waals surface area (Å²) in [6.45, 7) is 8.46. The summed E-state index contributed by atoms with van der Waals surface area (Å²) in [4.78, 5) is 27.8. The van der Waals surface area contributed by atoms with Crippen LogP contribution in [-0.4, -0.2) is 53.2 Å². The van der Waals surface area contributed by atoms with E-state index in [4.69, 9.17) is 4.74 Å². The first-order chi connectivity index (χ1) is 11.6. The number of piperazine rings is 1. The number of halogens is 2. The van der Waals surface area contributed by atoms with Crippen molar-refractivity contribution in [1.82, 2.24) is 9.80 Å². The number of amides is 3. The minimum atomic E-state index is -0.559. The van der Waals surface area contributed by atoms with Crippen LogP contribution in [0.2, 0.25) is 0 Å². The molecule has 1 atom stereocenters.